The fourth-order valence-electron chi connectivity index (χ4n) is 4.84. The molecule has 0 aromatic heterocycles. The van der Waals surface area contributed by atoms with E-state index in [2.05, 4.69) is 18.7 Å². The third-order valence-electron chi connectivity index (χ3n) is 5.80. The largest absolute Gasteiger partial charge is 0.342 e. The maximum absolute atomic E-state index is 13.2. The lowest BCUT2D eigenvalue weighted by Crippen LogP contribution is -2.51. The molecule has 2 N–H and O–H groups in total. The second kappa shape index (κ2) is 7.13. The molecule has 3 nitrogen and oxygen atoms in total. The minimum absolute atomic E-state index is 0.0699. The lowest BCUT2D eigenvalue weighted by Gasteiger charge is -2.42. The molecule has 0 radical (unpaired) electrons. The van der Waals surface area contributed by atoms with Crippen molar-refractivity contribution in [2.75, 3.05) is 13.6 Å². The minimum atomic E-state index is -0.0699. The molecule has 2 fully saturated rings. The van der Waals surface area contributed by atoms with Crippen LogP contribution in [0.15, 0.2) is 0 Å². The number of nitrogens with two attached hydrogens (primary N) is 1. The summed E-state index contributed by atoms with van der Waals surface area (Å²) in [6.07, 6.45) is 10.5. The zero-order valence-electron chi connectivity index (χ0n) is 14.2. The highest BCUT2D eigenvalue weighted by Gasteiger charge is 2.45. The molecular formula is C18H34N2O. The van der Waals surface area contributed by atoms with E-state index in [0.29, 0.717) is 23.8 Å². The van der Waals surface area contributed by atoms with Gasteiger partial charge in [-0.2, -0.15) is 0 Å². The summed E-state index contributed by atoms with van der Waals surface area (Å²) >= 11 is 0. The molecule has 122 valence electrons. The van der Waals surface area contributed by atoms with Gasteiger partial charge in [-0.1, -0.05) is 39.5 Å². The molecule has 2 aliphatic rings. The van der Waals surface area contributed by atoms with Gasteiger partial charge in [0.05, 0.1) is 0 Å². The molecule has 3 heteroatoms. The summed E-state index contributed by atoms with van der Waals surface area (Å²) in [6, 6.07) is 0.376. The Morgan fingerprint density at radius 2 is 1.81 bits per heavy atom. The van der Waals surface area contributed by atoms with E-state index in [9.17, 15) is 4.79 Å². The second-order valence-corrected chi connectivity index (χ2v) is 7.85. The summed E-state index contributed by atoms with van der Waals surface area (Å²) in [5.41, 5.74) is 5.89. The lowest BCUT2D eigenvalue weighted by atomic mass is 9.76. The Labute approximate surface area is 130 Å². The van der Waals surface area contributed by atoms with Gasteiger partial charge in [0.15, 0.2) is 0 Å². The van der Waals surface area contributed by atoms with Crippen LogP contribution in [0.4, 0.5) is 0 Å². The van der Waals surface area contributed by atoms with Crippen LogP contribution < -0.4 is 5.73 Å². The van der Waals surface area contributed by atoms with Gasteiger partial charge in [-0.15, -0.1) is 0 Å². The van der Waals surface area contributed by atoms with Crippen LogP contribution in [0.1, 0.15) is 71.6 Å². The lowest BCUT2D eigenvalue weighted by molar-refractivity contribution is -0.145. The molecule has 0 aromatic carbocycles. The fraction of sp³-hybridized carbons (Fsp3) is 0.944. The van der Waals surface area contributed by atoms with Crippen molar-refractivity contribution in [3.63, 3.8) is 0 Å². The molecule has 2 aliphatic carbocycles. The average molecular weight is 294 g/mol. The van der Waals surface area contributed by atoms with E-state index in [1.165, 1.54) is 32.1 Å². The van der Waals surface area contributed by atoms with Crippen LogP contribution in [0.25, 0.3) is 0 Å². The van der Waals surface area contributed by atoms with Gasteiger partial charge in [0.25, 0.3) is 0 Å². The number of hydrogen-bond acceptors (Lipinski definition) is 2. The third-order valence-corrected chi connectivity index (χ3v) is 5.80. The quantitative estimate of drug-likeness (QED) is 0.842. The van der Waals surface area contributed by atoms with Gasteiger partial charge in [-0.05, 0) is 50.5 Å². The summed E-state index contributed by atoms with van der Waals surface area (Å²) < 4.78 is 0. The highest BCUT2D eigenvalue weighted by molar-refractivity contribution is 5.83. The van der Waals surface area contributed by atoms with Crippen molar-refractivity contribution in [2.24, 2.45) is 23.0 Å². The first-order valence-electron chi connectivity index (χ1n) is 8.97. The van der Waals surface area contributed by atoms with Gasteiger partial charge >= 0.3 is 0 Å². The Bertz CT molecular complexity index is 347. The predicted molar refractivity (Wildman–Crippen MR) is 87.9 cm³/mol. The predicted octanol–water partition coefficient (Wildman–Crippen LogP) is 3.57. The van der Waals surface area contributed by atoms with Crippen molar-refractivity contribution < 1.29 is 4.79 Å². The smallest absolute Gasteiger partial charge is 0.228 e. The number of nitrogens with zero attached hydrogens (tertiary/aromatic N) is 1. The molecule has 0 bridgehead atoms. The highest BCUT2D eigenvalue weighted by Crippen LogP contribution is 2.45. The first-order valence-corrected chi connectivity index (χ1v) is 8.97. The molecule has 21 heavy (non-hydrogen) atoms. The van der Waals surface area contributed by atoms with Gasteiger partial charge in [0.2, 0.25) is 5.91 Å². The molecule has 2 saturated carbocycles. The van der Waals surface area contributed by atoms with Crippen LogP contribution in [0.2, 0.25) is 0 Å². The molecule has 0 aliphatic heterocycles. The van der Waals surface area contributed by atoms with E-state index < -0.39 is 0 Å². The number of hydrogen-bond donors (Lipinski definition) is 1. The molecule has 2 unspecified atom stereocenters. The van der Waals surface area contributed by atoms with Crippen molar-refractivity contribution in [1.29, 1.82) is 0 Å². The second-order valence-electron chi connectivity index (χ2n) is 7.85. The van der Waals surface area contributed by atoms with Crippen LogP contribution in [-0.2, 0) is 4.79 Å². The van der Waals surface area contributed by atoms with E-state index in [1.807, 2.05) is 7.05 Å². The summed E-state index contributed by atoms with van der Waals surface area (Å²) in [6.45, 7) is 5.22. The van der Waals surface area contributed by atoms with Crippen molar-refractivity contribution in [1.82, 2.24) is 4.90 Å². The Hall–Kier alpha value is -0.570. The Kier molecular flexibility index (Phi) is 5.70. The minimum Gasteiger partial charge on any atom is -0.342 e. The van der Waals surface area contributed by atoms with Gasteiger partial charge < -0.3 is 10.6 Å². The normalized spacial score (nSPS) is 28.8. The Balaban J connectivity index is 2.12. The zero-order valence-corrected chi connectivity index (χ0v) is 14.2. The van der Waals surface area contributed by atoms with Gasteiger partial charge in [-0.3, -0.25) is 4.79 Å². The van der Waals surface area contributed by atoms with Gasteiger partial charge in [0.1, 0.15) is 0 Å². The maximum atomic E-state index is 13.2. The number of carbonyl (C=O) groups excluding carboxylic acids is 1. The van der Waals surface area contributed by atoms with Crippen LogP contribution in [-0.4, -0.2) is 30.4 Å². The topological polar surface area (TPSA) is 46.3 Å². The van der Waals surface area contributed by atoms with Gasteiger partial charge in [0, 0.05) is 18.5 Å². The molecule has 1 amide bonds. The van der Waals surface area contributed by atoms with E-state index in [4.69, 9.17) is 5.73 Å². The maximum Gasteiger partial charge on any atom is 0.228 e. The first-order chi connectivity index (χ1) is 10.00. The van der Waals surface area contributed by atoms with E-state index in [0.717, 1.165) is 32.2 Å². The number of amides is 1. The molecule has 0 saturated heterocycles. The third kappa shape index (κ3) is 3.61. The molecule has 0 spiro atoms. The molecular weight excluding hydrogens is 260 g/mol. The summed E-state index contributed by atoms with van der Waals surface area (Å²) in [5.74, 6) is 1.52. The summed E-state index contributed by atoms with van der Waals surface area (Å²) in [7, 11) is 2.04. The standard InChI is InChI=1S/C18H34N2O/c1-14(2)12-18(10-6-7-11-18)17(21)20(3)16-9-5-4-8-15(16)13-19/h14-16H,4-13,19H2,1-3H3. The SMILES string of the molecule is CC(C)CC1(C(=O)N(C)C2CCCCC2CN)CCCC1. The Morgan fingerprint density at radius 3 is 2.38 bits per heavy atom. The zero-order chi connectivity index (χ0) is 15.5. The average Bonchev–Trinajstić information content (AvgIpc) is 2.94. The van der Waals surface area contributed by atoms with Crippen LogP contribution in [0.5, 0.6) is 0 Å². The van der Waals surface area contributed by atoms with Crippen LogP contribution in [0, 0.1) is 17.3 Å². The summed E-state index contributed by atoms with van der Waals surface area (Å²) in [5, 5.41) is 0. The van der Waals surface area contributed by atoms with Crippen LogP contribution in [0.3, 0.4) is 0 Å². The molecule has 0 aromatic rings. The monoisotopic (exact) mass is 294 g/mol. The van der Waals surface area contributed by atoms with Crippen LogP contribution >= 0.6 is 0 Å². The summed E-state index contributed by atoms with van der Waals surface area (Å²) in [4.78, 5) is 15.4. The van der Waals surface area contributed by atoms with Crippen molar-refractivity contribution >= 4 is 5.91 Å². The van der Waals surface area contributed by atoms with E-state index >= 15 is 0 Å². The molecule has 2 rings (SSSR count). The van der Waals surface area contributed by atoms with E-state index in [1.54, 1.807) is 0 Å². The van der Waals surface area contributed by atoms with Crippen molar-refractivity contribution in [3.05, 3.63) is 0 Å². The first kappa shape index (κ1) is 16.8. The number of rotatable bonds is 5. The van der Waals surface area contributed by atoms with Gasteiger partial charge in [-0.25, -0.2) is 0 Å². The van der Waals surface area contributed by atoms with Crippen molar-refractivity contribution in [3.8, 4) is 0 Å². The fourth-order valence-corrected chi connectivity index (χ4v) is 4.84. The number of carbonyl (C=O) groups is 1. The van der Waals surface area contributed by atoms with E-state index in [-0.39, 0.29) is 5.41 Å². The Morgan fingerprint density at radius 1 is 1.19 bits per heavy atom. The van der Waals surface area contributed by atoms with Crippen molar-refractivity contribution in [2.45, 2.75) is 77.7 Å². The molecule has 2 atom stereocenters. The molecule has 0 heterocycles. The highest BCUT2D eigenvalue weighted by atomic mass is 16.2.